The first-order valence-electron chi connectivity index (χ1n) is 4.57. The third-order valence-electron chi connectivity index (χ3n) is 1.67. The first-order chi connectivity index (χ1) is 7.63. The van der Waals surface area contributed by atoms with Crippen LogP contribution in [0.3, 0.4) is 0 Å². The third kappa shape index (κ3) is 4.61. The highest BCUT2D eigenvalue weighted by Crippen LogP contribution is 2.24. The molecule has 3 nitrogen and oxygen atoms in total. The van der Waals surface area contributed by atoms with Crippen molar-refractivity contribution in [3.8, 4) is 0 Å². The number of carbonyl (C=O) groups excluding carboxylic acids is 1. The van der Waals surface area contributed by atoms with Crippen LogP contribution in [0.25, 0.3) is 0 Å². The molecule has 16 heavy (non-hydrogen) atoms. The van der Waals surface area contributed by atoms with Gasteiger partial charge in [0.25, 0.3) is 0 Å². The lowest BCUT2D eigenvalue weighted by atomic mass is 10.3. The SMILES string of the molecule is O=C(CSCCO)Nc1ccc(Cl)c(Cl)c1. The van der Waals surface area contributed by atoms with E-state index in [1.807, 2.05) is 0 Å². The van der Waals surface area contributed by atoms with E-state index in [4.69, 9.17) is 28.3 Å². The lowest BCUT2D eigenvalue weighted by Crippen LogP contribution is -2.14. The van der Waals surface area contributed by atoms with E-state index in [2.05, 4.69) is 5.32 Å². The molecule has 0 saturated carbocycles. The summed E-state index contributed by atoms with van der Waals surface area (Å²) in [7, 11) is 0. The molecule has 0 unspecified atom stereocenters. The Morgan fingerprint density at radius 1 is 1.38 bits per heavy atom. The highest BCUT2D eigenvalue weighted by Gasteiger charge is 2.04. The number of nitrogens with one attached hydrogen (secondary N) is 1. The predicted octanol–water partition coefficient (Wildman–Crippen LogP) is 2.66. The summed E-state index contributed by atoms with van der Waals surface area (Å²) in [4.78, 5) is 11.4. The third-order valence-corrected chi connectivity index (χ3v) is 3.35. The summed E-state index contributed by atoms with van der Waals surface area (Å²) in [6.45, 7) is 0.0741. The molecular weight excluding hydrogens is 269 g/mol. The maximum Gasteiger partial charge on any atom is 0.234 e. The molecule has 6 heteroatoms. The van der Waals surface area contributed by atoms with Crippen LogP contribution in [0.2, 0.25) is 10.0 Å². The molecule has 0 fully saturated rings. The topological polar surface area (TPSA) is 49.3 Å². The summed E-state index contributed by atoms with van der Waals surface area (Å²) >= 11 is 12.9. The van der Waals surface area contributed by atoms with Gasteiger partial charge < -0.3 is 10.4 Å². The van der Waals surface area contributed by atoms with Crippen LogP contribution in [0.15, 0.2) is 18.2 Å². The van der Waals surface area contributed by atoms with E-state index in [9.17, 15) is 4.79 Å². The number of anilines is 1. The van der Waals surface area contributed by atoms with Crippen LogP contribution in [0.4, 0.5) is 5.69 Å². The van der Waals surface area contributed by atoms with Gasteiger partial charge in [-0.25, -0.2) is 0 Å². The fraction of sp³-hybridized carbons (Fsp3) is 0.300. The lowest BCUT2D eigenvalue weighted by molar-refractivity contribution is -0.113. The fourth-order valence-corrected chi connectivity index (χ4v) is 1.83. The van der Waals surface area contributed by atoms with Crippen LogP contribution in [0.1, 0.15) is 0 Å². The molecule has 2 N–H and O–H groups in total. The van der Waals surface area contributed by atoms with Crippen LogP contribution < -0.4 is 5.32 Å². The van der Waals surface area contributed by atoms with Crippen molar-refractivity contribution >= 4 is 46.6 Å². The van der Waals surface area contributed by atoms with Crippen molar-refractivity contribution in [2.45, 2.75) is 0 Å². The van der Waals surface area contributed by atoms with E-state index in [0.29, 0.717) is 27.2 Å². The molecule has 1 amide bonds. The van der Waals surface area contributed by atoms with Crippen LogP contribution in [-0.2, 0) is 4.79 Å². The molecule has 88 valence electrons. The van der Waals surface area contributed by atoms with Crippen LogP contribution in [-0.4, -0.2) is 29.1 Å². The van der Waals surface area contributed by atoms with Crippen molar-refractivity contribution in [1.29, 1.82) is 0 Å². The van der Waals surface area contributed by atoms with E-state index in [1.54, 1.807) is 18.2 Å². The molecule has 0 atom stereocenters. The number of aliphatic hydroxyl groups excluding tert-OH is 1. The monoisotopic (exact) mass is 279 g/mol. The first kappa shape index (κ1) is 13.6. The second kappa shape index (κ2) is 7.01. The van der Waals surface area contributed by atoms with Crippen molar-refractivity contribution in [2.24, 2.45) is 0 Å². The second-order valence-corrected chi connectivity index (χ2v) is 4.87. The number of benzene rings is 1. The van der Waals surface area contributed by atoms with Crippen molar-refractivity contribution in [1.82, 2.24) is 0 Å². The Balaban J connectivity index is 2.46. The van der Waals surface area contributed by atoms with Gasteiger partial charge >= 0.3 is 0 Å². The maximum absolute atomic E-state index is 11.4. The Morgan fingerprint density at radius 3 is 2.75 bits per heavy atom. The maximum atomic E-state index is 11.4. The van der Waals surface area contributed by atoms with Crippen molar-refractivity contribution in [2.75, 3.05) is 23.4 Å². The van der Waals surface area contributed by atoms with Gasteiger partial charge in [0.1, 0.15) is 0 Å². The van der Waals surface area contributed by atoms with Gasteiger partial charge in [-0.3, -0.25) is 4.79 Å². The Bertz CT molecular complexity index is 374. The number of halogens is 2. The zero-order valence-electron chi connectivity index (χ0n) is 8.37. The number of hydrogen-bond acceptors (Lipinski definition) is 3. The molecule has 0 aromatic heterocycles. The quantitative estimate of drug-likeness (QED) is 0.815. The minimum Gasteiger partial charge on any atom is -0.396 e. The van der Waals surface area contributed by atoms with Crippen molar-refractivity contribution in [3.05, 3.63) is 28.2 Å². The minimum absolute atomic E-state index is 0.0741. The number of thioether (sulfide) groups is 1. The number of aliphatic hydroxyl groups is 1. The summed E-state index contributed by atoms with van der Waals surface area (Å²) < 4.78 is 0. The second-order valence-electron chi connectivity index (χ2n) is 2.95. The zero-order valence-corrected chi connectivity index (χ0v) is 10.7. The lowest BCUT2D eigenvalue weighted by Gasteiger charge is -2.05. The standard InChI is InChI=1S/C10H11Cl2NO2S/c11-8-2-1-7(5-9(8)12)13-10(15)6-16-4-3-14/h1-2,5,14H,3-4,6H2,(H,13,15). The first-order valence-corrected chi connectivity index (χ1v) is 6.48. The molecule has 1 rings (SSSR count). The Labute approximate surface area is 108 Å². The molecule has 0 aliphatic rings. The Morgan fingerprint density at radius 2 is 2.12 bits per heavy atom. The van der Waals surface area contributed by atoms with E-state index < -0.39 is 0 Å². The average Bonchev–Trinajstić information content (AvgIpc) is 2.24. The van der Waals surface area contributed by atoms with Gasteiger partial charge in [-0.2, -0.15) is 0 Å². The summed E-state index contributed by atoms with van der Waals surface area (Å²) in [5.74, 6) is 0.729. The van der Waals surface area contributed by atoms with Gasteiger partial charge in [0, 0.05) is 11.4 Å². The molecule has 0 heterocycles. The predicted molar refractivity (Wildman–Crippen MR) is 69.5 cm³/mol. The normalized spacial score (nSPS) is 10.2. The van der Waals surface area contributed by atoms with E-state index >= 15 is 0 Å². The molecule has 1 aromatic rings. The molecule has 0 aliphatic heterocycles. The van der Waals surface area contributed by atoms with Gasteiger partial charge in [0.2, 0.25) is 5.91 Å². The smallest absolute Gasteiger partial charge is 0.234 e. The summed E-state index contributed by atoms with van der Waals surface area (Å²) in [6.07, 6.45) is 0. The summed E-state index contributed by atoms with van der Waals surface area (Å²) in [5.41, 5.74) is 0.615. The van der Waals surface area contributed by atoms with Gasteiger partial charge in [-0.05, 0) is 18.2 Å². The molecule has 0 aliphatic carbocycles. The largest absolute Gasteiger partial charge is 0.396 e. The number of hydrogen-bond donors (Lipinski definition) is 2. The zero-order chi connectivity index (χ0) is 12.0. The number of carbonyl (C=O) groups is 1. The van der Waals surface area contributed by atoms with Gasteiger partial charge in [-0.1, -0.05) is 23.2 Å². The molecule has 1 aromatic carbocycles. The highest BCUT2D eigenvalue weighted by atomic mass is 35.5. The van der Waals surface area contributed by atoms with Crippen LogP contribution >= 0.6 is 35.0 Å². The summed E-state index contributed by atoms with van der Waals surface area (Å²) in [6, 6.07) is 4.90. The molecule has 0 radical (unpaired) electrons. The van der Waals surface area contributed by atoms with Crippen LogP contribution in [0.5, 0.6) is 0 Å². The molecular formula is C10H11Cl2NO2S. The van der Waals surface area contributed by atoms with E-state index in [1.165, 1.54) is 11.8 Å². The Kier molecular flexibility index (Phi) is 5.98. The van der Waals surface area contributed by atoms with Crippen molar-refractivity contribution in [3.63, 3.8) is 0 Å². The van der Waals surface area contributed by atoms with Crippen molar-refractivity contribution < 1.29 is 9.90 Å². The van der Waals surface area contributed by atoms with Crippen LogP contribution in [0, 0.1) is 0 Å². The fourth-order valence-electron chi connectivity index (χ4n) is 1.00. The number of rotatable bonds is 5. The van der Waals surface area contributed by atoms with E-state index in [0.717, 1.165) is 0 Å². The van der Waals surface area contributed by atoms with E-state index in [-0.39, 0.29) is 12.5 Å². The Hall–Kier alpha value is -0.420. The van der Waals surface area contributed by atoms with Gasteiger partial charge in [-0.15, -0.1) is 11.8 Å². The average molecular weight is 280 g/mol. The number of amides is 1. The van der Waals surface area contributed by atoms with Gasteiger partial charge in [0.05, 0.1) is 22.4 Å². The minimum atomic E-state index is -0.128. The molecule has 0 spiro atoms. The highest BCUT2D eigenvalue weighted by molar-refractivity contribution is 7.99. The summed E-state index contributed by atoms with van der Waals surface area (Å²) in [5, 5.41) is 12.1. The molecule has 0 saturated heterocycles. The van der Waals surface area contributed by atoms with Gasteiger partial charge in [0.15, 0.2) is 0 Å². The molecule has 0 bridgehead atoms.